The summed E-state index contributed by atoms with van der Waals surface area (Å²) in [6, 6.07) is 0. The quantitative estimate of drug-likeness (QED) is 0.181. The van der Waals surface area contributed by atoms with Crippen molar-refractivity contribution in [2.24, 2.45) is 50.2 Å². The van der Waals surface area contributed by atoms with E-state index in [4.69, 9.17) is 18.9 Å². The lowest BCUT2D eigenvalue weighted by Crippen LogP contribution is -2.68. The number of ether oxygens (including phenoxy) is 4. The normalized spacial score (nSPS) is 55.8. The summed E-state index contributed by atoms with van der Waals surface area (Å²) in [5.41, 5.74) is -0.748. The van der Waals surface area contributed by atoms with Crippen LogP contribution in [0.3, 0.4) is 0 Å². The number of allylic oxidation sites excluding steroid dienone is 2. The lowest BCUT2D eigenvalue weighted by molar-refractivity contribution is -0.361. The van der Waals surface area contributed by atoms with Gasteiger partial charge in [0.2, 0.25) is 0 Å². The molecule has 0 spiro atoms. The predicted octanol–water partition coefficient (Wildman–Crippen LogP) is 1.58. The molecule has 7 rings (SSSR count). The Balaban J connectivity index is 1.16. The second kappa shape index (κ2) is 13.8. The summed E-state index contributed by atoms with van der Waals surface area (Å²) in [6.45, 7) is 14.4. The number of Topliss-reactive ketones (excluding diaryl/α,β-unsaturated/α-hetero) is 1. The molecule has 2 aliphatic heterocycles. The third-order valence-corrected chi connectivity index (χ3v) is 17.1. The first-order chi connectivity index (χ1) is 25.1. The summed E-state index contributed by atoms with van der Waals surface area (Å²) < 4.78 is 23.9. The van der Waals surface area contributed by atoms with Gasteiger partial charge in [-0.15, -0.1) is 0 Å². The zero-order valence-electron chi connectivity index (χ0n) is 33.1. The van der Waals surface area contributed by atoms with Crippen molar-refractivity contribution in [2.45, 2.75) is 167 Å². The molecule has 7 aliphatic rings. The van der Waals surface area contributed by atoms with Gasteiger partial charge in [0.25, 0.3) is 0 Å². The van der Waals surface area contributed by atoms with Gasteiger partial charge >= 0.3 is 0 Å². The van der Waals surface area contributed by atoms with Crippen molar-refractivity contribution >= 4 is 5.78 Å². The van der Waals surface area contributed by atoms with Gasteiger partial charge in [-0.25, -0.2) is 0 Å². The van der Waals surface area contributed by atoms with Crippen LogP contribution in [0.2, 0.25) is 0 Å². The van der Waals surface area contributed by atoms with E-state index in [-0.39, 0.29) is 47.1 Å². The SMILES string of the molecule is CC1(C)C[C@H]2C3=CC[C@@H]4[C@@]5(C)CCC(=O)[C@](C)(CO)C5CC[C@@]4(C)[C@]3(C)CC[C@@]2(C)[C@H](O[C@@H]2OC[C@H](O)[C@H](O[C@@H]3O[C@H](CO)[C@@H](O)[C@H](O)[C@H]3O)[C@H]2O)[C@@H]1O. The highest BCUT2D eigenvalue weighted by molar-refractivity contribution is 5.86. The van der Waals surface area contributed by atoms with Crippen molar-refractivity contribution in [3.63, 3.8) is 0 Å². The molecule has 0 bridgehead atoms. The van der Waals surface area contributed by atoms with E-state index < -0.39 is 90.4 Å². The Labute approximate surface area is 319 Å². The third kappa shape index (κ3) is 5.72. The molecule has 1 unspecified atom stereocenters. The molecule has 0 amide bonds. The van der Waals surface area contributed by atoms with Crippen LogP contribution in [-0.4, -0.2) is 134 Å². The molecule has 0 aromatic carbocycles. The Morgan fingerprint density at radius 2 is 1.50 bits per heavy atom. The lowest BCUT2D eigenvalue weighted by Gasteiger charge is -2.71. The summed E-state index contributed by atoms with van der Waals surface area (Å²) in [7, 11) is 0. The van der Waals surface area contributed by atoms with Gasteiger partial charge < -0.3 is 59.8 Å². The van der Waals surface area contributed by atoms with Gasteiger partial charge in [-0.2, -0.15) is 0 Å². The Morgan fingerprint density at radius 3 is 2.17 bits per heavy atom. The van der Waals surface area contributed by atoms with Crippen LogP contribution in [0.1, 0.15) is 99.8 Å². The van der Waals surface area contributed by atoms with Crippen LogP contribution in [0.15, 0.2) is 11.6 Å². The standard InChI is InChI=1S/C41H66O13/c1-36(2)16-21-20-8-9-25-38(4)12-11-26(45)39(5,19-43)24(38)10-13-41(25,7)40(20,6)15-14-37(21,3)33(32(36)50)54-34-30(49)31(22(44)18-51-34)53-35-29(48)28(47)27(46)23(17-42)52-35/h8,21-25,27-35,42-44,46-50H,9-19H2,1-7H3/t21-,22-,23+,24?,25+,27+,28-,29+,30+,31-,32-,33+,34-,35-,37+,38-,39+,40+,41+/m0/s1. The van der Waals surface area contributed by atoms with Gasteiger partial charge in [0.1, 0.15) is 48.5 Å². The predicted molar refractivity (Wildman–Crippen MR) is 193 cm³/mol. The number of rotatable bonds is 6. The van der Waals surface area contributed by atoms with E-state index in [0.717, 1.165) is 44.9 Å². The summed E-state index contributed by atoms with van der Waals surface area (Å²) in [4.78, 5) is 13.2. The topological polar surface area (TPSA) is 216 Å². The number of ketones is 1. The van der Waals surface area contributed by atoms with E-state index in [2.05, 4.69) is 33.8 Å². The molecule has 4 saturated carbocycles. The zero-order chi connectivity index (χ0) is 39.6. The van der Waals surface area contributed by atoms with Gasteiger partial charge in [0.15, 0.2) is 12.6 Å². The van der Waals surface area contributed by atoms with Crippen LogP contribution in [0, 0.1) is 50.2 Å². The summed E-state index contributed by atoms with van der Waals surface area (Å²) in [6.07, 6.45) is -6.35. The van der Waals surface area contributed by atoms with Crippen molar-refractivity contribution in [3.8, 4) is 0 Å². The fraction of sp³-hybridized carbons (Fsp3) is 0.927. The average molecular weight is 767 g/mol. The first kappa shape index (κ1) is 41.1. The van der Waals surface area contributed by atoms with Crippen LogP contribution in [0.4, 0.5) is 0 Å². The van der Waals surface area contributed by atoms with Crippen molar-refractivity contribution in [1.82, 2.24) is 0 Å². The molecule has 8 N–H and O–H groups in total. The lowest BCUT2D eigenvalue weighted by atomic mass is 9.33. The second-order valence-corrected chi connectivity index (χ2v) is 20.1. The van der Waals surface area contributed by atoms with E-state index >= 15 is 0 Å². The Morgan fingerprint density at radius 1 is 0.796 bits per heavy atom. The molecule has 0 aromatic rings. The first-order valence-corrected chi connectivity index (χ1v) is 20.3. The monoisotopic (exact) mass is 766 g/mol. The summed E-state index contributed by atoms with van der Waals surface area (Å²) in [5.74, 6) is 0.696. The van der Waals surface area contributed by atoms with E-state index in [1.54, 1.807) is 0 Å². The fourth-order valence-electron chi connectivity index (χ4n) is 13.2. The van der Waals surface area contributed by atoms with Crippen LogP contribution < -0.4 is 0 Å². The van der Waals surface area contributed by atoms with Crippen LogP contribution in [-0.2, 0) is 23.7 Å². The van der Waals surface area contributed by atoms with Crippen LogP contribution in [0.25, 0.3) is 0 Å². The highest BCUT2D eigenvalue weighted by Crippen LogP contribution is 2.75. The molecular formula is C41H66O13. The molecule has 308 valence electrons. The second-order valence-electron chi connectivity index (χ2n) is 20.1. The van der Waals surface area contributed by atoms with E-state index in [1.165, 1.54) is 5.57 Å². The Hall–Kier alpha value is -1.07. The molecule has 0 aromatic heterocycles. The number of aliphatic hydroxyl groups is 8. The molecule has 19 atom stereocenters. The molecular weight excluding hydrogens is 700 g/mol. The van der Waals surface area contributed by atoms with Gasteiger partial charge in [-0.1, -0.05) is 60.1 Å². The maximum atomic E-state index is 13.2. The van der Waals surface area contributed by atoms with E-state index in [9.17, 15) is 45.6 Å². The third-order valence-electron chi connectivity index (χ3n) is 17.1. The molecule has 6 fully saturated rings. The van der Waals surface area contributed by atoms with Gasteiger partial charge in [-0.05, 0) is 84.4 Å². The average Bonchev–Trinajstić information content (AvgIpc) is 3.12. The number of carbonyl (C=O) groups excluding carboxylic acids is 1. The highest BCUT2D eigenvalue weighted by Gasteiger charge is 2.70. The highest BCUT2D eigenvalue weighted by atomic mass is 16.7. The fourth-order valence-corrected chi connectivity index (χ4v) is 13.2. The minimum atomic E-state index is -1.73. The van der Waals surface area contributed by atoms with Crippen molar-refractivity contribution in [3.05, 3.63) is 11.6 Å². The van der Waals surface area contributed by atoms with Gasteiger partial charge in [0.05, 0.1) is 37.4 Å². The first-order valence-electron chi connectivity index (χ1n) is 20.3. The number of fused-ring (bicyclic) bond motifs is 7. The van der Waals surface area contributed by atoms with Crippen molar-refractivity contribution < 1.29 is 64.6 Å². The van der Waals surface area contributed by atoms with E-state index in [1.807, 2.05) is 20.8 Å². The maximum absolute atomic E-state index is 13.2. The molecule has 0 radical (unpaired) electrons. The van der Waals surface area contributed by atoms with E-state index in [0.29, 0.717) is 12.3 Å². The number of hydrogen-bond donors (Lipinski definition) is 8. The smallest absolute Gasteiger partial charge is 0.187 e. The van der Waals surface area contributed by atoms with Gasteiger partial charge in [0, 0.05) is 11.8 Å². The van der Waals surface area contributed by atoms with Crippen LogP contribution in [0.5, 0.6) is 0 Å². The minimum Gasteiger partial charge on any atom is -0.395 e. The number of aliphatic hydroxyl groups excluding tert-OH is 8. The molecule has 13 heteroatoms. The molecule has 54 heavy (non-hydrogen) atoms. The molecule has 13 nitrogen and oxygen atoms in total. The largest absolute Gasteiger partial charge is 0.395 e. The summed E-state index contributed by atoms with van der Waals surface area (Å²) >= 11 is 0. The Bertz CT molecular complexity index is 1470. The van der Waals surface area contributed by atoms with Crippen molar-refractivity contribution in [2.75, 3.05) is 19.8 Å². The Kier molecular flexibility index (Phi) is 10.5. The number of carbonyl (C=O) groups is 1. The van der Waals surface area contributed by atoms with Crippen LogP contribution >= 0.6 is 0 Å². The zero-order valence-corrected chi connectivity index (χ0v) is 33.1. The minimum absolute atomic E-state index is 0.0473. The molecule has 5 aliphatic carbocycles. The maximum Gasteiger partial charge on any atom is 0.187 e. The molecule has 2 heterocycles. The molecule has 2 saturated heterocycles. The summed E-state index contributed by atoms with van der Waals surface area (Å²) in [5, 5.41) is 85.8. The van der Waals surface area contributed by atoms with Crippen molar-refractivity contribution in [1.29, 1.82) is 0 Å². The number of hydrogen-bond acceptors (Lipinski definition) is 13. The van der Waals surface area contributed by atoms with Gasteiger partial charge in [-0.3, -0.25) is 4.79 Å².